The first-order valence-electron chi connectivity index (χ1n) is 4.73. The minimum absolute atomic E-state index is 0.483. The van der Waals surface area contributed by atoms with Gasteiger partial charge in [0.05, 0.1) is 24.2 Å². The van der Waals surface area contributed by atoms with E-state index in [1.807, 2.05) is 18.2 Å². The van der Waals surface area contributed by atoms with Gasteiger partial charge in [-0.3, -0.25) is 0 Å². The average molecular weight is 201 g/mol. The lowest BCUT2D eigenvalue weighted by atomic mass is 10.3. The molecule has 76 valence electrons. The van der Waals surface area contributed by atoms with E-state index in [-0.39, 0.29) is 0 Å². The SMILES string of the molecule is COc1ccc2nc(CCC#N)[nH]c2c1. The maximum atomic E-state index is 8.47. The number of H-pyrrole nitrogens is 1. The van der Waals surface area contributed by atoms with Gasteiger partial charge < -0.3 is 9.72 Å². The summed E-state index contributed by atoms with van der Waals surface area (Å²) in [5, 5.41) is 8.47. The van der Waals surface area contributed by atoms with Crippen molar-refractivity contribution in [3.63, 3.8) is 0 Å². The molecular formula is C11H11N3O. The van der Waals surface area contributed by atoms with Gasteiger partial charge in [-0.2, -0.15) is 5.26 Å². The van der Waals surface area contributed by atoms with Crippen molar-refractivity contribution < 1.29 is 4.74 Å². The van der Waals surface area contributed by atoms with E-state index < -0.39 is 0 Å². The van der Waals surface area contributed by atoms with Gasteiger partial charge >= 0.3 is 0 Å². The van der Waals surface area contributed by atoms with Crippen LogP contribution in [0.5, 0.6) is 5.75 Å². The zero-order valence-corrected chi connectivity index (χ0v) is 8.45. The molecule has 0 amide bonds. The molecule has 15 heavy (non-hydrogen) atoms. The standard InChI is InChI=1S/C11H11N3O/c1-15-8-4-5-9-10(7-8)14-11(13-9)3-2-6-12/h4-5,7H,2-3H2,1H3,(H,13,14). The molecular weight excluding hydrogens is 190 g/mol. The second kappa shape index (κ2) is 4.01. The van der Waals surface area contributed by atoms with Gasteiger partial charge in [0, 0.05) is 18.9 Å². The Kier molecular flexibility index (Phi) is 2.55. The summed E-state index contributed by atoms with van der Waals surface area (Å²) < 4.78 is 5.11. The number of aromatic amines is 1. The van der Waals surface area contributed by atoms with Crippen molar-refractivity contribution >= 4 is 11.0 Å². The number of fused-ring (bicyclic) bond motifs is 1. The summed E-state index contributed by atoms with van der Waals surface area (Å²) in [5.41, 5.74) is 1.85. The first-order chi connectivity index (χ1) is 7.33. The van der Waals surface area contributed by atoms with Gasteiger partial charge in [0.1, 0.15) is 11.6 Å². The molecule has 0 aliphatic carbocycles. The predicted molar refractivity (Wildman–Crippen MR) is 56.6 cm³/mol. The zero-order valence-electron chi connectivity index (χ0n) is 8.45. The first-order valence-corrected chi connectivity index (χ1v) is 4.73. The highest BCUT2D eigenvalue weighted by Crippen LogP contribution is 2.18. The number of nitrogens with zero attached hydrogens (tertiary/aromatic N) is 2. The normalized spacial score (nSPS) is 10.1. The van der Waals surface area contributed by atoms with Crippen LogP contribution in [0.1, 0.15) is 12.2 Å². The summed E-state index contributed by atoms with van der Waals surface area (Å²) in [6.45, 7) is 0. The van der Waals surface area contributed by atoms with Crippen molar-refractivity contribution in [2.24, 2.45) is 0 Å². The average Bonchev–Trinajstić information content (AvgIpc) is 2.67. The third-order valence-electron chi connectivity index (χ3n) is 2.21. The van der Waals surface area contributed by atoms with E-state index in [0.29, 0.717) is 12.8 Å². The third-order valence-corrected chi connectivity index (χ3v) is 2.21. The number of nitrogens with one attached hydrogen (secondary N) is 1. The molecule has 0 saturated carbocycles. The summed E-state index contributed by atoms with van der Waals surface area (Å²) in [6, 6.07) is 7.77. The zero-order chi connectivity index (χ0) is 10.7. The van der Waals surface area contributed by atoms with E-state index in [2.05, 4.69) is 16.0 Å². The third kappa shape index (κ3) is 1.91. The molecule has 0 atom stereocenters. The van der Waals surface area contributed by atoms with Crippen LogP contribution < -0.4 is 4.74 Å². The van der Waals surface area contributed by atoms with Crippen LogP contribution in [0.25, 0.3) is 11.0 Å². The van der Waals surface area contributed by atoms with E-state index in [0.717, 1.165) is 22.6 Å². The maximum Gasteiger partial charge on any atom is 0.121 e. The number of aromatic nitrogens is 2. The van der Waals surface area contributed by atoms with Crippen LogP contribution in [-0.4, -0.2) is 17.1 Å². The van der Waals surface area contributed by atoms with Crippen LogP contribution >= 0.6 is 0 Å². The Morgan fingerprint density at radius 3 is 3.13 bits per heavy atom. The highest BCUT2D eigenvalue weighted by molar-refractivity contribution is 5.76. The van der Waals surface area contributed by atoms with Crippen molar-refractivity contribution in [3.05, 3.63) is 24.0 Å². The smallest absolute Gasteiger partial charge is 0.121 e. The number of hydrogen-bond acceptors (Lipinski definition) is 3. The second-order valence-corrected chi connectivity index (χ2v) is 3.22. The number of ether oxygens (including phenoxy) is 1. The molecule has 0 aliphatic rings. The fraction of sp³-hybridized carbons (Fsp3) is 0.273. The Hall–Kier alpha value is -2.02. The summed E-state index contributed by atoms with van der Waals surface area (Å²) in [6.07, 6.45) is 1.14. The van der Waals surface area contributed by atoms with Gasteiger partial charge in [-0.1, -0.05) is 0 Å². The molecule has 2 rings (SSSR count). The molecule has 0 bridgehead atoms. The van der Waals surface area contributed by atoms with Crippen molar-refractivity contribution in [1.29, 1.82) is 5.26 Å². The monoisotopic (exact) mass is 201 g/mol. The fourth-order valence-corrected chi connectivity index (χ4v) is 1.46. The van der Waals surface area contributed by atoms with Gasteiger partial charge in [0.15, 0.2) is 0 Å². The molecule has 1 aromatic heterocycles. The number of nitriles is 1. The van der Waals surface area contributed by atoms with Crippen molar-refractivity contribution in [3.8, 4) is 11.8 Å². The van der Waals surface area contributed by atoms with Crippen LogP contribution in [0.15, 0.2) is 18.2 Å². The van der Waals surface area contributed by atoms with E-state index >= 15 is 0 Å². The Balaban J connectivity index is 2.34. The largest absolute Gasteiger partial charge is 0.497 e. The number of rotatable bonds is 3. The molecule has 1 aromatic carbocycles. The molecule has 0 radical (unpaired) electrons. The number of methoxy groups -OCH3 is 1. The van der Waals surface area contributed by atoms with Gasteiger partial charge in [-0.15, -0.1) is 0 Å². The minimum atomic E-state index is 0.483. The first kappa shape index (κ1) is 9.53. The van der Waals surface area contributed by atoms with Crippen molar-refractivity contribution in [2.45, 2.75) is 12.8 Å². The highest BCUT2D eigenvalue weighted by atomic mass is 16.5. The fourth-order valence-electron chi connectivity index (χ4n) is 1.46. The molecule has 1 N–H and O–H groups in total. The van der Waals surface area contributed by atoms with E-state index in [9.17, 15) is 0 Å². The van der Waals surface area contributed by atoms with Crippen molar-refractivity contribution in [1.82, 2.24) is 9.97 Å². The van der Waals surface area contributed by atoms with Crippen LogP contribution in [0, 0.1) is 11.3 Å². The Bertz CT molecular complexity index is 510. The minimum Gasteiger partial charge on any atom is -0.497 e. The topological polar surface area (TPSA) is 61.7 Å². The lowest BCUT2D eigenvalue weighted by Gasteiger charge is -1.96. The number of aryl methyl sites for hydroxylation is 1. The van der Waals surface area contributed by atoms with Gasteiger partial charge in [0.25, 0.3) is 0 Å². The van der Waals surface area contributed by atoms with Crippen LogP contribution in [0.4, 0.5) is 0 Å². The van der Waals surface area contributed by atoms with Crippen LogP contribution in [0.3, 0.4) is 0 Å². The molecule has 1 heterocycles. The molecule has 0 spiro atoms. The molecule has 0 saturated heterocycles. The molecule has 0 unspecified atom stereocenters. The van der Waals surface area contributed by atoms with Gasteiger partial charge in [-0.25, -0.2) is 4.98 Å². The number of benzene rings is 1. The van der Waals surface area contributed by atoms with Gasteiger partial charge in [0.2, 0.25) is 0 Å². The van der Waals surface area contributed by atoms with Crippen LogP contribution in [-0.2, 0) is 6.42 Å². The summed E-state index contributed by atoms with van der Waals surface area (Å²) in [4.78, 5) is 7.53. The quantitative estimate of drug-likeness (QED) is 0.826. The lowest BCUT2D eigenvalue weighted by molar-refractivity contribution is 0.415. The maximum absolute atomic E-state index is 8.47. The molecule has 0 aliphatic heterocycles. The van der Waals surface area contributed by atoms with E-state index in [4.69, 9.17) is 10.00 Å². The van der Waals surface area contributed by atoms with E-state index in [1.165, 1.54) is 0 Å². The van der Waals surface area contributed by atoms with E-state index in [1.54, 1.807) is 7.11 Å². The Labute approximate surface area is 87.5 Å². The summed E-state index contributed by atoms with van der Waals surface area (Å²) >= 11 is 0. The second-order valence-electron chi connectivity index (χ2n) is 3.22. The van der Waals surface area contributed by atoms with Crippen molar-refractivity contribution in [2.75, 3.05) is 7.11 Å². The van der Waals surface area contributed by atoms with Gasteiger partial charge in [-0.05, 0) is 12.1 Å². The Morgan fingerprint density at radius 2 is 2.40 bits per heavy atom. The predicted octanol–water partition coefficient (Wildman–Crippen LogP) is 2.03. The summed E-state index contributed by atoms with van der Waals surface area (Å²) in [7, 11) is 1.63. The Morgan fingerprint density at radius 1 is 1.53 bits per heavy atom. The molecule has 4 heteroatoms. The highest BCUT2D eigenvalue weighted by Gasteiger charge is 2.03. The molecule has 0 fully saturated rings. The van der Waals surface area contributed by atoms with Crippen LogP contribution in [0.2, 0.25) is 0 Å². The molecule has 2 aromatic rings. The molecule has 4 nitrogen and oxygen atoms in total. The lowest BCUT2D eigenvalue weighted by Crippen LogP contribution is -1.85. The number of imidazole rings is 1. The number of hydrogen-bond donors (Lipinski definition) is 1. The summed E-state index contributed by atoms with van der Waals surface area (Å²) in [5.74, 6) is 1.65.